The van der Waals surface area contributed by atoms with Crippen LogP contribution < -0.4 is 5.32 Å². The zero-order valence-corrected chi connectivity index (χ0v) is 13.7. The summed E-state index contributed by atoms with van der Waals surface area (Å²) in [6, 6.07) is 12.9. The second kappa shape index (κ2) is 6.24. The fraction of sp³-hybridized carbons (Fsp3) is 0.300. The number of carboxylic acids is 1. The Hall–Kier alpha value is -2.82. The van der Waals surface area contributed by atoms with Crippen molar-refractivity contribution in [2.75, 3.05) is 0 Å². The Bertz CT molecular complexity index is 955. The normalized spacial score (nSPS) is 15.4. The van der Waals surface area contributed by atoms with E-state index in [1.54, 1.807) is 0 Å². The van der Waals surface area contributed by atoms with Gasteiger partial charge in [-0.1, -0.05) is 43.2 Å². The van der Waals surface area contributed by atoms with E-state index in [1.807, 2.05) is 42.5 Å². The molecule has 128 valence electrons. The van der Waals surface area contributed by atoms with E-state index in [4.69, 9.17) is 4.42 Å². The standard InChI is InChI=1S/C20H19NO4/c22-19(21-17(20(23)24)9-12-5-6-12)11-14-10-16-15-4-2-1-3-13(15)7-8-18(16)25-14/h1-4,7-8,10,12,17H,5-6,9,11H2,(H,21,22)(H,23,24). The van der Waals surface area contributed by atoms with Crippen LogP contribution in [0.15, 0.2) is 46.9 Å². The molecule has 1 heterocycles. The Kier molecular flexibility index (Phi) is 3.92. The molecule has 0 saturated heterocycles. The van der Waals surface area contributed by atoms with Gasteiger partial charge in [-0.15, -0.1) is 0 Å². The topological polar surface area (TPSA) is 79.5 Å². The van der Waals surface area contributed by atoms with Crippen molar-refractivity contribution in [3.05, 3.63) is 48.2 Å². The zero-order valence-electron chi connectivity index (χ0n) is 13.7. The molecular weight excluding hydrogens is 318 g/mol. The molecule has 1 aliphatic rings. The molecule has 5 nitrogen and oxygen atoms in total. The van der Waals surface area contributed by atoms with Gasteiger partial charge in [-0.05, 0) is 35.2 Å². The first-order chi connectivity index (χ1) is 12.1. The van der Waals surface area contributed by atoms with E-state index in [0.717, 1.165) is 34.6 Å². The van der Waals surface area contributed by atoms with E-state index in [9.17, 15) is 14.7 Å². The Morgan fingerprint density at radius 3 is 2.72 bits per heavy atom. The first kappa shape index (κ1) is 15.7. The Balaban J connectivity index is 1.52. The molecule has 2 aromatic carbocycles. The van der Waals surface area contributed by atoms with Gasteiger partial charge in [0.15, 0.2) is 0 Å². The molecular formula is C20H19NO4. The maximum absolute atomic E-state index is 12.2. The lowest BCUT2D eigenvalue weighted by Gasteiger charge is -2.13. The van der Waals surface area contributed by atoms with Crippen LogP contribution in [-0.2, 0) is 16.0 Å². The van der Waals surface area contributed by atoms with Crippen molar-refractivity contribution in [1.29, 1.82) is 0 Å². The van der Waals surface area contributed by atoms with Crippen LogP contribution in [-0.4, -0.2) is 23.0 Å². The predicted octanol–water partition coefficient (Wildman–Crippen LogP) is 3.50. The molecule has 2 N–H and O–H groups in total. The average molecular weight is 337 g/mol. The van der Waals surface area contributed by atoms with Gasteiger partial charge in [0.2, 0.25) is 5.91 Å². The molecule has 4 rings (SSSR count). The molecule has 1 amide bonds. The molecule has 1 atom stereocenters. The SMILES string of the molecule is O=C(Cc1cc2c(ccc3ccccc32)o1)NC(CC1CC1)C(=O)O. The highest BCUT2D eigenvalue weighted by Gasteiger charge is 2.30. The highest BCUT2D eigenvalue weighted by Crippen LogP contribution is 2.33. The van der Waals surface area contributed by atoms with Crippen molar-refractivity contribution >= 4 is 33.6 Å². The van der Waals surface area contributed by atoms with Crippen LogP contribution >= 0.6 is 0 Å². The number of aliphatic carboxylic acids is 1. The average Bonchev–Trinajstić information content (AvgIpc) is 3.31. The van der Waals surface area contributed by atoms with Gasteiger partial charge in [-0.25, -0.2) is 4.79 Å². The minimum Gasteiger partial charge on any atom is -0.480 e. The molecule has 1 aromatic heterocycles. The van der Waals surface area contributed by atoms with E-state index in [0.29, 0.717) is 18.1 Å². The molecule has 5 heteroatoms. The molecule has 1 aliphatic carbocycles. The lowest BCUT2D eigenvalue weighted by molar-refractivity contribution is -0.142. The number of fused-ring (bicyclic) bond motifs is 3. The van der Waals surface area contributed by atoms with Crippen LogP contribution in [0.3, 0.4) is 0 Å². The monoisotopic (exact) mass is 337 g/mol. The van der Waals surface area contributed by atoms with Crippen LogP contribution in [0.5, 0.6) is 0 Å². The van der Waals surface area contributed by atoms with Crippen LogP contribution in [0.4, 0.5) is 0 Å². The summed E-state index contributed by atoms with van der Waals surface area (Å²) < 4.78 is 5.77. The number of amides is 1. The molecule has 0 spiro atoms. The number of rotatable bonds is 6. The number of carbonyl (C=O) groups excluding carboxylic acids is 1. The highest BCUT2D eigenvalue weighted by molar-refractivity contribution is 6.06. The maximum Gasteiger partial charge on any atom is 0.326 e. The fourth-order valence-electron chi connectivity index (χ4n) is 3.24. The molecule has 25 heavy (non-hydrogen) atoms. The maximum atomic E-state index is 12.2. The number of hydrogen-bond donors (Lipinski definition) is 2. The molecule has 1 fully saturated rings. The second-order valence-corrected chi connectivity index (χ2v) is 6.73. The van der Waals surface area contributed by atoms with Gasteiger partial charge in [0.1, 0.15) is 17.4 Å². The molecule has 1 unspecified atom stereocenters. The number of furan rings is 1. The number of benzene rings is 2. The summed E-state index contributed by atoms with van der Waals surface area (Å²) >= 11 is 0. The van der Waals surface area contributed by atoms with Crippen molar-refractivity contribution in [1.82, 2.24) is 5.32 Å². The third-order valence-corrected chi connectivity index (χ3v) is 4.71. The lowest BCUT2D eigenvalue weighted by Crippen LogP contribution is -2.41. The Morgan fingerprint density at radius 1 is 1.16 bits per heavy atom. The van der Waals surface area contributed by atoms with Crippen molar-refractivity contribution in [3.63, 3.8) is 0 Å². The van der Waals surface area contributed by atoms with Crippen LogP contribution in [0.2, 0.25) is 0 Å². The molecule has 0 aliphatic heterocycles. The largest absolute Gasteiger partial charge is 0.480 e. The molecule has 3 aromatic rings. The first-order valence-electron chi connectivity index (χ1n) is 8.52. The Labute approximate surface area is 144 Å². The van der Waals surface area contributed by atoms with Gasteiger partial charge in [-0.3, -0.25) is 4.79 Å². The summed E-state index contributed by atoms with van der Waals surface area (Å²) in [5.41, 5.74) is 0.731. The zero-order chi connectivity index (χ0) is 17.4. The van der Waals surface area contributed by atoms with Gasteiger partial charge >= 0.3 is 5.97 Å². The Morgan fingerprint density at radius 2 is 1.96 bits per heavy atom. The molecule has 0 radical (unpaired) electrons. The number of carbonyl (C=O) groups is 2. The highest BCUT2D eigenvalue weighted by atomic mass is 16.4. The molecule has 1 saturated carbocycles. The number of hydrogen-bond acceptors (Lipinski definition) is 3. The van der Waals surface area contributed by atoms with Crippen LogP contribution in [0.1, 0.15) is 25.0 Å². The third-order valence-electron chi connectivity index (χ3n) is 4.71. The summed E-state index contributed by atoms with van der Waals surface area (Å²) in [5, 5.41) is 15.0. The van der Waals surface area contributed by atoms with Crippen molar-refractivity contribution < 1.29 is 19.1 Å². The van der Waals surface area contributed by atoms with Crippen molar-refractivity contribution in [2.45, 2.75) is 31.7 Å². The van der Waals surface area contributed by atoms with E-state index in [1.165, 1.54) is 0 Å². The first-order valence-corrected chi connectivity index (χ1v) is 8.52. The minimum atomic E-state index is -0.976. The van der Waals surface area contributed by atoms with Gasteiger partial charge in [0, 0.05) is 5.39 Å². The van der Waals surface area contributed by atoms with Gasteiger partial charge in [0.25, 0.3) is 0 Å². The van der Waals surface area contributed by atoms with Crippen LogP contribution in [0, 0.1) is 5.92 Å². The summed E-state index contributed by atoms with van der Waals surface area (Å²) in [7, 11) is 0. The summed E-state index contributed by atoms with van der Waals surface area (Å²) in [6.07, 6.45) is 2.65. The van der Waals surface area contributed by atoms with Gasteiger partial charge in [-0.2, -0.15) is 0 Å². The van der Waals surface area contributed by atoms with E-state index in [-0.39, 0.29) is 12.3 Å². The fourth-order valence-corrected chi connectivity index (χ4v) is 3.24. The predicted molar refractivity (Wildman–Crippen MR) is 94.3 cm³/mol. The third kappa shape index (κ3) is 3.36. The van der Waals surface area contributed by atoms with Crippen LogP contribution in [0.25, 0.3) is 21.7 Å². The number of carboxylic acid groups (broad SMARTS) is 1. The summed E-state index contributed by atoms with van der Waals surface area (Å²) in [6.45, 7) is 0. The van der Waals surface area contributed by atoms with Gasteiger partial charge in [0.05, 0.1) is 6.42 Å². The summed E-state index contributed by atoms with van der Waals surface area (Å²) in [5.74, 6) is -0.328. The smallest absolute Gasteiger partial charge is 0.326 e. The summed E-state index contributed by atoms with van der Waals surface area (Å²) in [4.78, 5) is 23.5. The second-order valence-electron chi connectivity index (χ2n) is 6.73. The van der Waals surface area contributed by atoms with E-state index < -0.39 is 12.0 Å². The van der Waals surface area contributed by atoms with E-state index >= 15 is 0 Å². The molecule has 0 bridgehead atoms. The van der Waals surface area contributed by atoms with E-state index in [2.05, 4.69) is 5.32 Å². The van der Waals surface area contributed by atoms with Crippen molar-refractivity contribution in [3.8, 4) is 0 Å². The quantitative estimate of drug-likeness (QED) is 0.721. The minimum absolute atomic E-state index is 0.0391. The van der Waals surface area contributed by atoms with Crippen molar-refractivity contribution in [2.24, 2.45) is 5.92 Å². The number of nitrogens with one attached hydrogen (secondary N) is 1. The van der Waals surface area contributed by atoms with Gasteiger partial charge < -0.3 is 14.8 Å². The lowest BCUT2D eigenvalue weighted by atomic mass is 10.1.